The number of rotatable bonds is 2. The highest BCUT2D eigenvalue weighted by Gasteiger charge is 2.42. The lowest BCUT2D eigenvalue weighted by molar-refractivity contribution is 0.0285. The molecule has 1 heterocycles. The Labute approximate surface area is 102 Å². The zero-order valence-corrected chi connectivity index (χ0v) is 11.2. The Morgan fingerprint density at radius 2 is 1.94 bits per heavy atom. The average molecular weight is 242 g/mol. The molecule has 1 aliphatic heterocycles. The van der Waals surface area contributed by atoms with E-state index < -0.39 is 11.7 Å². The molecule has 5 heteroatoms. The minimum absolute atomic E-state index is 0.0278. The molecule has 0 aliphatic carbocycles. The summed E-state index contributed by atoms with van der Waals surface area (Å²) in [7, 11) is 0. The fourth-order valence-electron chi connectivity index (χ4n) is 2.03. The molecule has 5 nitrogen and oxygen atoms in total. The number of nitrogens with one attached hydrogen (secondary N) is 1. The molecule has 3 amide bonds. The lowest BCUT2D eigenvalue weighted by atomic mass is 10.0. The van der Waals surface area contributed by atoms with Gasteiger partial charge >= 0.3 is 12.1 Å². The van der Waals surface area contributed by atoms with Crippen molar-refractivity contribution in [3.63, 3.8) is 0 Å². The Hall–Kier alpha value is -1.26. The molecule has 0 unspecified atom stereocenters. The summed E-state index contributed by atoms with van der Waals surface area (Å²) < 4.78 is 5.24. The van der Waals surface area contributed by atoms with E-state index in [9.17, 15) is 9.59 Å². The van der Waals surface area contributed by atoms with Gasteiger partial charge < -0.3 is 10.1 Å². The van der Waals surface area contributed by atoms with Crippen LogP contribution in [0.25, 0.3) is 0 Å². The average Bonchev–Trinajstić information content (AvgIpc) is 2.51. The molecule has 0 aromatic heterocycles. The van der Waals surface area contributed by atoms with Crippen LogP contribution >= 0.6 is 0 Å². The van der Waals surface area contributed by atoms with Gasteiger partial charge in [0, 0.05) is 0 Å². The zero-order chi connectivity index (χ0) is 13.2. The van der Waals surface area contributed by atoms with Gasteiger partial charge in [-0.15, -0.1) is 0 Å². The largest absolute Gasteiger partial charge is 0.443 e. The molecule has 2 atom stereocenters. The van der Waals surface area contributed by atoms with Crippen molar-refractivity contribution in [2.45, 2.75) is 65.1 Å². The van der Waals surface area contributed by atoms with Gasteiger partial charge in [-0.3, -0.25) is 0 Å². The second-order valence-electron chi connectivity index (χ2n) is 5.29. The molecule has 0 saturated carbocycles. The maximum atomic E-state index is 11.9. The van der Waals surface area contributed by atoms with E-state index in [0.29, 0.717) is 0 Å². The monoisotopic (exact) mass is 242 g/mol. The third-order valence-electron chi connectivity index (χ3n) is 2.77. The first kappa shape index (κ1) is 13.8. The summed E-state index contributed by atoms with van der Waals surface area (Å²) in [5, 5.41) is 2.81. The van der Waals surface area contributed by atoms with Crippen LogP contribution in [0.15, 0.2) is 0 Å². The topological polar surface area (TPSA) is 58.6 Å². The first-order valence-electron chi connectivity index (χ1n) is 6.12. The van der Waals surface area contributed by atoms with Gasteiger partial charge in [0.05, 0.1) is 12.1 Å². The fraction of sp³-hybridized carbons (Fsp3) is 0.833. The van der Waals surface area contributed by atoms with E-state index in [0.717, 1.165) is 12.8 Å². The molecule has 0 aromatic rings. The van der Waals surface area contributed by atoms with Crippen molar-refractivity contribution in [2.24, 2.45) is 0 Å². The second kappa shape index (κ2) is 4.94. The standard InChI is InChI=1S/C12H22N2O3/c1-6-8-9(7-2)14(10(15)13-8)11(16)17-12(3,4)5/h8-9H,6-7H2,1-5H3,(H,13,15)/t8-,9-/m0/s1. The minimum atomic E-state index is -0.583. The minimum Gasteiger partial charge on any atom is -0.443 e. The smallest absolute Gasteiger partial charge is 0.418 e. The van der Waals surface area contributed by atoms with E-state index >= 15 is 0 Å². The van der Waals surface area contributed by atoms with Crippen LogP contribution in [0, 0.1) is 0 Å². The molecule has 1 rings (SSSR count). The predicted octanol–water partition coefficient (Wildman–Crippen LogP) is 2.50. The molecule has 0 aromatic carbocycles. The van der Waals surface area contributed by atoms with Gasteiger partial charge in [-0.05, 0) is 33.6 Å². The van der Waals surface area contributed by atoms with Crippen LogP contribution in [-0.4, -0.2) is 34.7 Å². The van der Waals surface area contributed by atoms with Gasteiger partial charge in [0.15, 0.2) is 0 Å². The highest BCUT2D eigenvalue weighted by molar-refractivity contribution is 5.93. The number of imide groups is 1. The van der Waals surface area contributed by atoms with E-state index in [1.54, 1.807) is 20.8 Å². The summed E-state index contributed by atoms with van der Waals surface area (Å²) in [5.74, 6) is 0. The molecule has 17 heavy (non-hydrogen) atoms. The highest BCUT2D eigenvalue weighted by Crippen LogP contribution is 2.22. The molecule has 98 valence electrons. The van der Waals surface area contributed by atoms with E-state index in [-0.39, 0.29) is 18.1 Å². The van der Waals surface area contributed by atoms with E-state index in [1.165, 1.54) is 4.90 Å². The van der Waals surface area contributed by atoms with Crippen LogP contribution in [0.1, 0.15) is 47.5 Å². The molecule has 1 N–H and O–H groups in total. The Morgan fingerprint density at radius 3 is 2.35 bits per heavy atom. The fourth-order valence-corrected chi connectivity index (χ4v) is 2.03. The van der Waals surface area contributed by atoms with Crippen LogP contribution in [0.5, 0.6) is 0 Å². The van der Waals surface area contributed by atoms with Crippen molar-refractivity contribution in [2.75, 3.05) is 0 Å². The molecular formula is C12H22N2O3. The molecule has 1 saturated heterocycles. The number of ether oxygens (including phenoxy) is 1. The Bertz CT molecular complexity index is 309. The summed E-state index contributed by atoms with van der Waals surface area (Å²) in [6.45, 7) is 9.32. The van der Waals surface area contributed by atoms with Crippen LogP contribution in [0.4, 0.5) is 9.59 Å². The van der Waals surface area contributed by atoms with Gasteiger partial charge in [-0.1, -0.05) is 13.8 Å². The Balaban J connectivity index is 2.81. The molecule has 1 aliphatic rings. The van der Waals surface area contributed by atoms with E-state index in [1.807, 2.05) is 13.8 Å². The first-order chi connectivity index (χ1) is 7.80. The van der Waals surface area contributed by atoms with Crippen LogP contribution in [0.3, 0.4) is 0 Å². The van der Waals surface area contributed by atoms with Crippen molar-refractivity contribution in [3.8, 4) is 0 Å². The van der Waals surface area contributed by atoms with Crippen molar-refractivity contribution >= 4 is 12.1 Å². The summed E-state index contributed by atoms with van der Waals surface area (Å²) in [4.78, 5) is 24.9. The maximum absolute atomic E-state index is 11.9. The zero-order valence-electron chi connectivity index (χ0n) is 11.2. The number of carbonyl (C=O) groups excluding carboxylic acids is 2. The Morgan fingerprint density at radius 1 is 1.35 bits per heavy atom. The van der Waals surface area contributed by atoms with Gasteiger partial charge in [0.25, 0.3) is 0 Å². The number of nitrogens with zero attached hydrogens (tertiary/aromatic N) is 1. The lowest BCUT2D eigenvalue weighted by Crippen LogP contribution is -2.43. The number of amides is 3. The van der Waals surface area contributed by atoms with Crippen molar-refractivity contribution < 1.29 is 14.3 Å². The SMILES string of the molecule is CC[C@@H]1NC(=O)N(C(=O)OC(C)(C)C)[C@H]1CC. The highest BCUT2D eigenvalue weighted by atomic mass is 16.6. The predicted molar refractivity (Wildman–Crippen MR) is 64.8 cm³/mol. The molecule has 0 bridgehead atoms. The maximum Gasteiger partial charge on any atom is 0.418 e. The normalized spacial score (nSPS) is 24.8. The quantitative estimate of drug-likeness (QED) is 0.809. The van der Waals surface area contributed by atoms with Crippen molar-refractivity contribution in [1.82, 2.24) is 10.2 Å². The van der Waals surface area contributed by atoms with Crippen LogP contribution < -0.4 is 5.32 Å². The van der Waals surface area contributed by atoms with Crippen molar-refractivity contribution in [3.05, 3.63) is 0 Å². The third-order valence-corrected chi connectivity index (χ3v) is 2.77. The molecule has 0 spiro atoms. The summed E-state index contributed by atoms with van der Waals surface area (Å²) in [6.07, 6.45) is 0.984. The second-order valence-corrected chi connectivity index (χ2v) is 5.29. The molecule has 1 fully saturated rings. The molecule has 0 radical (unpaired) electrons. The van der Waals surface area contributed by atoms with E-state index in [2.05, 4.69) is 5.32 Å². The van der Waals surface area contributed by atoms with Crippen LogP contribution in [-0.2, 0) is 4.74 Å². The van der Waals surface area contributed by atoms with Gasteiger partial charge in [0.2, 0.25) is 0 Å². The van der Waals surface area contributed by atoms with E-state index in [4.69, 9.17) is 4.74 Å². The molecular weight excluding hydrogens is 220 g/mol. The number of hydrogen-bond donors (Lipinski definition) is 1. The number of hydrogen-bond acceptors (Lipinski definition) is 3. The Kier molecular flexibility index (Phi) is 4.01. The van der Waals surface area contributed by atoms with Gasteiger partial charge in [0.1, 0.15) is 5.60 Å². The number of carbonyl (C=O) groups is 2. The van der Waals surface area contributed by atoms with Crippen LogP contribution in [0.2, 0.25) is 0 Å². The lowest BCUT2D eigenvalue weighted by Gasteiger charge is -2.27. The number of urea groups is 1. The van der Waals surface area contributed by atoms with Crippen molar-refractivity contribution in [1.29, 1.82) is 0 Å². The van der Waals surface area contributed by atoms with Gasteiger partial charge in [-0.25, -0.2) is 14.5 Å². The summed E-state index contributed by atoms with van der Waals surface area (Å²) in [5.41, 5.74) is -0.583. The first-order valence-corrected chi connectivity index (χ1v) is 6.12. The van der Waals surface area contributed by atoms with Gasteiger partial charge in [-0.2, -0.15) is 0 Å². The summed E-state index contributed by atoms with van der Waals surface area (Å²) in [6, 6.07) is -0.430. The third kappa shape index (κ3) is 3.11. The summed E-state index contributed by atoms with van der Waals surface area (Å²) >= 11 is 0.